The van der Waals surface area contributed by atoms with Crippen LogP contribution in [0, 0.1) is 6.92 Å². The zero-order chi connectivity index (χ0) is 13.7. The first kappa shape index (κ1) is 14.0. The molecule has 0 saturated carbocycles. The Bertz CT molecular complexity index is 458. The monoisotopic (exact) mass is 253 g/mol. The highest BCUT2D eigenvalue weighted by Gasteiger charge is 2.22. The number of carbonyl (C=O) groups is 2. The molecule has 1 amide bonds. The molecular formula is C12H15NO5. The minimum atomic E-state index is -1.15. The van der Waals surface area contributed by atoms with Crippen molar-refractivity contribution in [2.45, 2.75) is 13.0 Å². The number of phenolic OH excluding ortho intramolecular Hbond substituents is 1. The number of rotatable bonds is 4. The molecule has 0 aliphatic carbocycles. The summed E-state index contributed by atoms with van der Waals surface area (Å²) in [6.07, 6.45) is 0. The minimum Gasteiger partial charge on any atom is -0.507 e. The highest BCUT2D eigenvalue weighted by Crippen LogP contribution is 2.18. The van der Waals surface area contributed by atoms with Crippen molar-refractivity contribution in [1.29, 1.82) is 0 Å². The number of nitrogens with one attached hydrogen (secondary N) is 1. The molecular weight excluding hydrogens is 238 g/mol. The molecule has 6 nitrogen and oxygen atoms in total. The Morgan fingerprint density at radius 2 is 2.11 bits per heavy atom. The maximum absolute atomic E-state index is 11.8. The third-order valence-corrected chi connectivity index (χ3v) is 2.37. The molecule has 1 rings (SSSR count). The van der Waals surface area contributed by atoms with Crippen LogP contribution >= 0.6 is 0 Å². The second-order valence-electron chi connectivity index (χ2n) is 3.75. The third-order valence-electron chi connectivity index (χ3n) is 2.37. The van der Waals surface area contributed by atoms with Crippen molar-refractivity contribution in [2.75, 3.05) is 13.7 Å². The number of hydrogen-bond donors (Lipinski definition) is 3. The number of esters is 1. The number of methoxy groups -OCH3 is 1. The number of aliphatic hydroxyl groups is 1. The van der Waals surface area contributed by atoms with Crippen LogP contribution in [-0.2, 0) is 9.53 Å². The minimum absolute atomic E-state index is 0.0305. The predicted molar refractivity (Wildman–Crippen MR) is 63.2 cm³/mol. The Morgan fingerprint density at radius 3 is 2.61 bits per heavy atom. The van der Waals surface area contributed by atoms with Gasteiger partial charge in [0.15, 0.2) is 6.04 Å². The van der Waals surface area contributed by atoms with Gasteiger partial charge in [-0.1, -0.05) is 6.07 Å². The van der Waals surface area contributed by atoms with Crippen LogP contribution in [0.25, 0.3) is 0 Å². The number of aryl methyl sites for hydroxylation is 1. The van der Waals surface area contributed by atoms with Crippen molar-refractivity contribution in [3.05, 3.63) is 29.3 Å². The van der Waals surface area contributed by atoms with Crippen molar-refractivity contribution in [2.24, 2.45) is 0 Å². The van der Waals surface area contributed by atoms with E-state index in [0.29, 0.717) is 0 Å². The van der Waals surface area contributed by atoms with Crippen LogP contribution in [0.5, 0.6) is 5.75 Å². The third kappa shape index (κ3) is 3.21. The van der Waals surface area contributed by atoms with Crippen LogP contribution in [0.2, 0.25) is 0 Å². The fraction of sp³-hybridized carbons (Fsp3) is 0.333. The van der Waals surface area contributed by atoms with Gasteiger partial charge in [-0.3, -0.25) is 4.79 Å². The normalized spacial score (nSPS) is 11.7. The molecule has 1 aromatic rings. The van der Waals surface area contributed by atoms with Gasteiger partial charge >= 0.3 is 5.97 Å². The van der Waals surface area contributed by atoms with E-state index >= 15 is 0 Å². The highest BCUT2D eigenvalue weighted by molar-refractivity contribution is 5.99. The summed E-state index contributed by atoms with van der Waals surface area (Å²) in [6.45, 7) is 1.19. The van der Waals surface area contributed by atoms with Gasteiger partial charge in [-0.2, -0.15) is 0 Å². The van der Waals surface area contributed by atoms with E-state index in [2.05, 4.69) is 10.1 Å². The summed E-state index contributed by atoms with van der Waals surface area (Å²) < 4.78 is 4.41. The van der Waals surface area contributed by atoms with Gasteiger partial charge in [-0.05, 0) is 24.6 Å². The van der Waals surface area contributed by atoms with Crippen molar-refractivity contribution in [3.63, 3.8) is 0 Å². The van der Waals surface area contributed by atoms with Crippen molar-refractivity contribution in [3.8, 4) is 5.75 Å². The summed E-state index contributed by atoms with van der Waals surface area (Å²) in [6, 6.07) is 3.37. The molecule has 0 heterocycles. The number of ether oxygens (including phenoxy) is 1. The van der Waals surface area contributed by atoms with Crippen molar-refractivity contribution >= 4 is 11.9 Å². The predicted octanol–water partition coefficient (Wildman–Crippen LogP) is -0.0357. The first-order valence-corrected chi connectivity index (χ1v) is 5.28. The molecule has 98 valence electrons. The van der Waals surface area contributed by atoms with E-state index in [1.807, 2.05) is 0 Å². The van der Waals surface area contributed by atoms with E-state index in [4.69, 9.17) is 5.11 Å². The fourth-order valence-electron chi connectivity index (χ4n) is 1.39. The molecule has 18 heavy (non-hydrogen) atoms. The second kappa shape index (κ2) is 6.02. The number of aromatic hydroxyl groups is 1. The molecule has 0 spiro atoms. The van der Waals surface area contributed by atoms with Crippen LogP contribution < -0.4 is 5.32 Å². The average molecular weight is 253 g/mol. The van der Waals surface area contributed by atoms with Crippen LogP contribution in [0.15, 0.2) is 18.2 Å². The second-order valence-corrected chi connectivity index (χ2v) is 3.75. The van der Waals surface area contributed by atoms with E-state index in [0.717, 1.165) is 12.7 Å². The summed E-state index contributed by atoms with van der Waals surface area (Å²) in [5.74, 6) is -1.59. The molecule has 0 saturated heterocycles. The summed E-state index contributed by atoms with van der Waals surface area (Å²) in [7, 11) is 1.15. The highest BCUT2D eigenvalue weighted by atomic mass is 16.5. The molecule has 0 aliphatic heterocycles. The molecule has 1 unspecified atom stereocenters. The molecule has 0 aliphatic rings. The van der Waals surface area contributed by atoms with Crippen molar-refractivity contribution < 1.29 is 24.5 Å². The Balaban J connectivity index is 2.84. The van der Waals surface area contributed by atoms with Crippen LogP contribution in [0.3, 0.4) is 0 Å². The molecule has 6 heteroatoms. The molecule has 0 bridgehead atoms. The number of aliphatic hydroxyl groups excluding tert-OH is 1. The van der Waals surface area contributed by atoms with Gasteiger partial charge in [0.1, 0.15) is 5.75 Å². The zero-order valence-electron chi connectivity index (χ0n) is 10.1. The van der Waals surface area contributed by atoms with Crippen molar-refractivity contribution in [1.82, 2.24) is 5.32 Å². The van der Waals surface area contributed by atoms with Gasteiger partial charge in [0.2, 0.25) is 0 Å². The summed E-state index contributed by atoms with van der Waals surface area (Å²) in [5.41, 5.74) is 0.832. The number of benzene rings is 1. The lowest BCUT2D eigenvalue weighted by molar-refractivity contribution is -0.143. The SMILES string of the molecule is COC(=O)C(CO)NC(=O)c1ccc(C)cc1O. The number of phenols is 1. The topological polar surface area (TPSA) is 95.9 Å². The largest absolute Gasteiger partial charge is 0.507 e. The quantitative estimate of drug-likeness (QED) is 0.654. The molecule has 0 radical (unpaired) electrons. The molecule has 1 aromatic carbocycles. The Hall–Kier alpha value is -2.08. The molecule has 0 aromatic heterocycles. The molecule has 1 atom stereocenters. The van der Waals surface area contributed by atoms with E-state index in [-0.39, 0.29) is 11.3 Å². The van der Waals surface area contributed by atoms with E-state index in [1.165, 1.54) is 12.1 Å². The first-order chi connectivity index (χ1) is 8.49. The van der Waals surface area contributed by atoms with Gasteiger partial charge in [-0.15, -0.1) is 0 Å². The number of amides is 1. The smallest absolute Gasteiger partial charge is 0.330 e. The average Bonchev–Trinajstić information content (AvgIpc) is 2.34. The van der Waals surface area contributed by atoms with E-state index < -0.39 is 24.5 Å². The van der Waals surface area contributed by atoms with Crippen LogP contribution in [0.1, 0.15) is 15.9 Å². The summed E-state index contributed by atoms with van der Waals surface area (Å²) in [4.78, 5) is 23.0. The standard InChI is InChI=1S/C12H15NO5/c1-7-3-4-8(10(15)5-7)11(16)13-9(6-14)12(17)18-2/h3-5,9,14-15H,6H2,1-2H3,(H,13,16). The van der Waals surface area contributed by atoms with Gasteiger partial charge < -0.3 is 20.3 Å². The van der Waals surface area contributed by atoms with Gasteiger partial charge in [0.25, 0.3) is 5.91 Å². The number of hydrogen-bond acceptors (Lipinski definition) is 5. The molecule has 3 N–H and O–H groups in total. The van der Waals surface area contributed by atoms with E-state index in [9.17, 15) is 14.7 Å². The van der Waals surface area contributed by atoms with Gasteiger partial charge in [0, 0.05) is 0 Å². The lowest BCUT2D eigenvalue weighted by atomic mass is 10.1. The van der Waals surface area contributed by atoms with Gasteiger partial charge in [0.05, 0.1) is 19.3 Å². The van der Waals surface area contributed by atoms with Gasteiger partial charge in [-0.25, -0.2) is 4.79 Å². The van der Waals surface area contributed by atoms with Crippen LogP contribution in [-0.4, -0.2) is 41.8 Å². The molecule has 0 fully saturated rings. The van der Waals surface area contributed by atoms with E-state index in [1.54, 1.807) is 13.0 Å². The lowest BCUT2D eigenvalue weighted by Gasteiger charge is -2.14. The maximum Gasteiger partial charge on any atom is 0.330 e. The summed E-state index contributed by atoms with van der Waals surface area (Å²) >= 11 is 0. The lowest BCUT2D eigenvalue weighted by Crippen LogP contribution is -2.44. The Kier molecular flexibility index (Phi) is 4.67. The zero-order valence-corrected chi connectivity index (χ0v) is 10.1. The summed E-state index contributed by atoms with van der Waals surface area (Å²) in [5, 5.41) is 20.8. The Labute approximate surface area is 104 Å². The first-order valence-electron chi connectivity index (χ1n) is 5.28. The van der Waals surface area contributed by atoms with Crippen LogP contribution in [0.4, 0.5) is 0 Å². The number of carbonyl (C=O) groups excluding carboxylic acids is 2. The Morgan fingerprint density at radius 1 is 1.44 bits per heavy atom. The maximum atomic E-state index is 11.8. The fourth-order valence-corrected chi connectivity index (χ4v) is 1.39.